The molecule has 2 rings (SSSR count). The summed E-state index contributed by atoms with van der Waals surface area (Å²) < 4.78 is 26.1. The van der Waals surface area contributed by atoms with E-state index >= 15 is 0 Å². The number of rotatable bonds is 9. The molecule has 11 nitrogen and oxygen atoms in total. The first kappa shape index (κ1) is 18.9. The van der Waals surface area contributed by atoms with Crippen molar-refractivity contribution in [2.45, 2.75) is 4.34 Å². The van der Waals surface area contributed by atoms with E-state index in [9.17, 15) is 23.3 Å². The van der Waals surface area contributed by atoms with Gasteiger partial charge in [-0.3, -0.25) is 14.9 Å². The van der Waals surface area contributed by atoms with Crippen LogP contribution in [0.1, 0.15) is 0 Å². The Kier molecular flexibility index (Phi) is 6.08. The predicted molar refractivity (Wildman–Crippen MR) is 87.7 cm³/mol. The van der Waals surface area contributed by atoms with Gasteiger partial charge in [-0.1, -0.05) is 23.5 Å². The van der Waals surface area contributed by atoms with Crippen molar-refractivity contribution in [1.29, 1.82) is 0 Å². The van der Waals surface area contributed by atoms with E-state index in [1.54, 1.807) is 6.07 Å². The van der Waals surface area contributed by atoms with Crippen LogP contribution in [0.3, 0.4) is 0 Å². The zero-order valence-electron chi connectivity index (χ0n) is 12.6. The van der Waals surface area contributed by atoms with E-state index in [2.05, 4.69) is 20.2 Å². The van der Waals surface area contributed by atoms with Gasteiger partial charge in [0, 0.05) is 19.2 Å². The van der Waals surface area contributed by atoms with Gasteiger partial charge in [-0.05, 0) is 6.07 Å². The SMILES string of the molecule is O=C(O)CNCCNS(=O)(=O)c1nnc(-c2ccccc2[N+](=O)[O-])s1. The number of nitrogens with one attached hydrogen (secondary N) is 2. The van der Waals surface area contributed by atoms with Gasteiger partial charge in [-0.25, -0.2) is 13.1 Å². The topological polar surface area (TPSA) is 164 Å². The van der Waals surface area contributed by atoms with Gasteiger partial charge in [0.2, 0.25) is 4.34 Å². The summed E-state index contributed by atoms with van der Waals surface area (Å²) >= 11 is 0.702. The Bertz CT molecular complexity index is 882. The highest BCUT2D eigenvalue weighted by atomic mass is 32.2. The molecule has 3 N–H and O–H groups in total. The van der Waals surface area contributed by atoms with Gasteiger partial charge >= 0.3 is 5.97 Å². The minimum atomic E-state index is -3.94. The molecule has 0 radical (unpaired) electrons. The van der Waals surface area contributed by atoms with Crippen LogP contribution in [-0.2, 0) is 14.8 Å². The van der Waals surface area contributed by atoms with Crippen LogP contribution in [0, 0.1) is 10.1 Å². The number of nitro groups is 1. The maximum atomic E-state index is 12.1. The van der Waals surface area contributed by atoms with Gasteiger partial charge in [0.15, 0.2) is 5.01 Å². The molecule has 1 heterocycles. The van der Waals surface area contributed by atoms with Crippen molar-refractivity contribution in [2.24, 2.45) is 0 Å². The second kappa shape index (κ2) is 8.06. The molecule has 0 aliphatic carbocycles. The first-order valence-electron chi connectivity index (χ1n) is 6.81. The smallest absolute Gasteiger partial charge is 0.317 e. The molecular formula is C12H13N5O6S2. The minimum absolute atomic E-state index is 0.0456. The van der Waals surface area contributed by atoms with Crippen LogP contribution < -0.4 is 10.0 Å². The predicted octanol–water partition coefficient (Wildman–Crippen LogP) is 0.0658. The molecule has 1 aromatic carbocycles. The normalized spacial score (nSPS) is 11.4. The van der Waals surface area contributed by atoms with E-state index < -0.39 is 20.9 Å². The number of aromatic nitrogens is 2. The number of sulfonamides is 1. The van der Waals surface area contributed by atoms with Crippen LogP contribution in [0.15, 0.2) is 28.6 Å². The molecule has 0 bridgehead atoms. The third-order valence-corrected chi connectivity index (χ3v) is 5.62. The molecule has 2 aromatic rings. The Labute approximate surface area is 145 Å². The molecule has 0 aliphatic rings. The van der Waals surface area contributed by atoms with Crippen molar-refractivity contribution in [3.63, 3.8) is 0 Å². The van der Waals surface area contributed by atoms with Gasteiger partial charge in [-0.15, -0.1) is 10.2 Å². The minimum Gasteiger partial charge on any atom is -0.480 e. The van der Waals surface area contributed by atoms with Crippen molar-refractivity contribution >= 4 is 33.0 Å². The first-order chi connectivity index (χ1) is 11.8. The lowest BCUT2D eigenvalue weighted by molar-refractivity contribution is -0.384. The molecule has 0 fully saturated rings. The summed E-state index contributed by atoms with van der Waals surface area (Å²) in [4.78, 5) is 20.8. The highest BCUT2D eigenvalue weighted by molar-refractivity contribution is 7.91. The fraction of sp³-hybridized carbons (Fsp3) is 0.250. The van der Waals surface area contributed by atoms with Crippen LogP contribution in [0.25, 0.3) is 10.6 Å². The van der Waals surface area contributed by atoms with Crippen LogP contribution in [0.2, 0.25) is 0 Å². The summed E-state index contributed by atoms with van der Waals surface area (Å²) in [5.74, 6) is -1.05. The highest BCUT2D eigenvalue weighted by Gasteiger charge is 2.23. The van der Waals surface area contributed by atoms with E-state index in [1.165, 1.54) is 18.2 Å². The Morgan fingerprint density at radius 3 is 2.68 bits per heavy atom. The molecule has 13 heteroatoms. The van der Waals surface area contributed by atoms with Crippen molar-refractivity contribution < 1.29 is 23.2 Å². The summed E-state index contributed by atoms with van der Waals surface area (Å²) in [7, 11) is -3.94. The standard InChI is InChI=1S/C12H13N5O6S2/c18-10(19)7-13-5-6-14-25(22,23)12-16-15-11(24-12)8-3-1-2-4-9(8)17(20)21/h1-4,13-14H,5-7H2,(H,18,19). The van der Waals surface area contributed by atoms with E-state index in [4.69, 9.17) is 5.11 Å². The first-order valence-corrected chi connectivity index (χ1v) is 9.10. The lowest BCUT2D eigenvalue weighted by Crippen LogP contribution is -2.34. The fourth-order valence-electron chi connectivity index (χ4n) is 1.77. The Morgan fingerprint density at radius 2 is 2.00 bits per heavy atom. The lowest BCUT2D eigenvalue weighted by atomic mass is 10.2. The van der Waals surface area contributed by atoms with E-state index in [0.29, 0.717) is 11.3 Å². The molecule has 0 atom stereocenters. The molecule has 0 amide bonds. The molecule has 25 heavy (non-hydrogen) atoms. The number of hydrogen-bond acceptors (Lipinski definition) is 9. The van der Waals surface area contributed by atoms with E-state index in [0.717, 1.165) is 0 Å². The van der Waals surface area contributed by atoms with Gasteiger partial charge in [0.1, 0.15) is 0 Å². The second-order valence-corrected chi connectivity index (χ2v) is 7.53. The molecule has 0 spiro atoms. The summed E-state index contributed by atoms with van der Waals surface area (Å²) in [5, 5.41) is 29.4. The van der Waals surface area contributed by atoms with Gasteiger partial charge in [0.25, 0.3) is 15.7 Å². The maximum absolute atomic E-state index is 12.1. The fourth-order valence-corrected chi connectivity index (χ4v) is 3.88. The molecular weight excluding hydrogens is 374 g/mol. The van der Waals surface area contributed by atoms with E-state index in [1.807, 2.05) is 0 Å². The monoisotopic (exact) mass is 387 g/mol. The van der Waals surface area contributed by atoms with E-state index in [-0.39, 0.29) is 40.2 Å². The Balaban J connectivity index is 2.10. The number of para-hydroxylation sites is 1. The Hall–Kier alpha value is -2.48. The summed E-state index contributed by atoms with van der Waals surface area (Å²) in [6.45, 7) is -0.223. The van der Waals surface area contributed by atoms with Crippen LogP contribution in [-0.4, -0.2) is 54.2 Å². The number of aliphatic carboxylic acids is 1. The number of carboxylic acid groups (broad SMARTS) is 1. The molecule has 0 aliphatic heterocycles. The zero-order valence-corrected chi connectivity index (χ0v) is 14.2. The average Bonchev–Trinajstić information content (AvgIpc) is 3.05. The van der Waals surface area contributed by atoms with Crippen molar-refractivity contribution in [3.8, 4) is 10.6 Å². The molecule has 0 saturated carbocycles. The Morgan fingerprint density at radius 1 is 1.28 bits per heavy atom. The average molecular weight is 387 g/mol. The van der Waals surface area contributed by atoms with Gasteiger partial charge in [0.05, 0.1) is 17.0 Å². The lowest BCUT2D eigenvalue weighted by Gasteiger charge is -2.03. The van der Waals surface area contributed by atoms with Crippen LogP contribution in [0.5, 0.6) is 0 Å². The van der Waals surface area contributed by atoms with Crippen LogP contribution >= 0.6 is 11.3 Å². The largest absolute Gasteiger partial charge is 0.480 e. The van der Waals surface area contributed by atoms with Crippen molar-refractivity contribution in [3.05, 3.63) is 34.4 Å². The van der Waals surface area contributed by atoms with Crippen LogP contribution in [0.4, 0.5) is 5.69 Å². The molecule has 134 valence electrons. The van der Waals surface area contributed by atoms with Gasteiger partial charge in [-0.2, -0.15) is 0 Å². The number of nitro benzene ring substituents is 1. The van der Waals surface area contributed by atoms with Crippen molar-refractivity contribution in [2.75, 3.05) is 19.6 Å². The number of benzene rings is 1. The number of carboxylic acids is 1. The quantitative estimate of drug-likeness (QED) is 0.306. The third-order valence-electron chi connectivity index (χ3n) is 2.84. The molecule has 0 unspecified atom stereocenters. The summed E-state index contributed by atoms with van der Waals surface area (Å²) in [6, 6.07) is 5.81. The molecule has 1 aromatic heterocycles. The van der Waals surface area contributed by atoms with Crippen molar-refractivity contribution in [1.82, 2.24) is 20.2 Å². The third kappa shape index (κ3) is 4.99. The zero-order chi connectivity index (χ0) is 18.4. The number of carbonyl (C=O) groups is 1. The van der Waals surface area contributed by atoms with Gasteiger partial charge < -0.3 is 10.4 Å². The summed E-state index contributed by atoms with van der Waals surface area (Å²) in [6.07, 6.45) is 0. The second-order valence-electron chi connectivity index (χ2n) is 4.62. The maximum Gasteiger partial charge on any atom is 0.317 e. The molecule has 0 saturated heterocycles. The number of hydrogen-bond donors (Lipinski definition) is 3. The summed E-state index contributed by atoms with van der Waals surface area (Å²) in [5.41, 5.74) is -0.0250. The number of nitrogens with zero attached hydrogens (tertiary/aromatic N) is 3. The highest BCUT2D eigenvalue weighted by Crippen LogP contribution is 2.32.